The third-order valence-electron chi connectivity index (χ3n) is 2.34. The molecule has 1 atom stereocenters. The summed E-state index contributed by atoms with van der Waals surface area (Å²) < 4.78 is 114. The highest BCUT2D eigenvalue weighted by atomic mass is 35.5. The number of hydrogen-bond acceptors (Lipinski definition) is 7. The molecule has 12 N–H and O–H groups in total. The van der Waals surface area contributed by atoms with Crippen LogP contribution in [0.3, 0.4) is 0 Å². The van der Waals surface area contributed by atoms with Crippen LogP contribution in [0.15, 0.2) is 23.3 Å². The highest BCUT2D eigenvalue weighted by molar-refractivity contribution is 7.46. The smallest absolute Gasteiger partial charge is 0.361 e. The van der Waals surface area contributed by atoms with E-state index in [0.717, 1.165) is 13.1 Å². The Hall–Kier alpha value is -0.410. The molecule has 44 heavy (non-hydrogen) atoms. The van der Waals surface area contributed by atoms with Gasteiger partial charge in [0.2, 0.25) is 0 Å². The van der Waals surface area contributed by atoms with Gasteiger partial charge < -0.3 is 5.53 Å². The van der Waals surface area contributed by atoms with Gasteiger partial charge in [0.05, 0.1) is 6.04 Å². The van der Waals surface area contributed by atoms with Crippen LogP contribution in [-0.2, 0) is 27.4 Å². The average Bonchev–Trinajstić information content (AvgIpc) is 2.62. The second-order valence-corrected chi connectivity index (χ2v) is 12.0. The second-order valence-electron chi connectivity index (χ2n) is 5.92. The molecule has 0 aromatic heterocycles. The van der Waals surface area contributed by atoms with Crippen molar-refractivity contribution in [3.8, 4) is 0 Å². The quantitative estimate of drug-likeness (QED) is 0.0842. The largest absolute Gasteiger partial charge is 0.507 e. The van der Waals surface area contributed by atoms with E-state index in [2.05, 4.69) is 23.5 Å². The molecular formula is C10H26ClF6N3O18P6. The molecule has 34 heteroatoms. The molecule has 1 aliphatic carbocycles. The zero-order valence-electron chi connectivity index (χ0n) is 21.2. The molecule has 0 saturated heterocycles. The van der Waals surface area contributed by atoms with Crippen molar-refractivity contribution in [3.63, 3.8) is 0 Å². The summed E-state index contributed by atoms with van der Waals surface area (Å²) in [5.74, 6) is 0. The van der Waals surface area contributed by atoms with E-state index in [-0.39, 0.29) is 6.04 Å². The number of halogens is 7. The van der Waals surface area contributed by atoms with Crippen LogP contribution < -0.4 is 0 Å². The number of likely N-dealkylation sites (N-methyl/N-ethyl adjacent to an activating group) is 1. The molecule has 0 saturated carbocycles. The summed E-state index contributed by atoms with van der Waals surface area (Å²) in [6.07, 6.45) is 5.41. The Balaban J connectivity index is -0.000000103. The lowest BCUT2D eigenvalue weighted by Crippen LogP contribution is -2.35. The van der Waals surface area contributed by atoms with Crippen LogP contribution in [0.5, 0.6) is 0 Å². The molecule has 1 unspecified atom stereocenters. The van der Waals surface area contributed by atoms with E-state index >= 15 is 0 Å². The average molecular weight is 812 g/mol. The third kappa shape index (κ3) is 134. The Morgan fingerprint density at radius 3 is 1.00 bits per heavy atom. The first kappa shape index (κ1) is 56.0. The lowest BCUT2D eigenvalue weighted by Gasteiger charge is -2.27. The summed E-state index contributed by atoms with van der Waals surface area (Å²) in [4.78, 5) is 88.9. The van der Waals surface area contributed by atoms with Crippen LogP contribution in [0.4, 0.5) is 25.2 Å². The van der Waals surface area contributed by atoms with E-state index in [1.54, 1.807) is 12.2 Å². The van der Waals surface area contributed by atoms with E-state index in [1.807, 2.05) is 6.08 Å². The first-order chi connectivity index (χ1) is 18.7. The van der Waals surface area contributed by atoms with Gasteiger partial charge in [0.1, 0.15) is 0 Å². The first-order valence-electron chi connectivity index (χ1n) is 9.25. The summed E-state index contributed by atoms with van der Waals surface area (Å²) in [6.45, 7) is 6.08. The SMILES string of the molecule is CCN(CC)C1C=CC(=[N+]=[N-])C=C1Cl.O=P(O)(O)F.O=P(O)(O)F.O=P(O)(O)F.O=P(O)(O)F.O=P(O)(O)F.O=P(O)(O)F. The number of nitrogens with zero attached hydrogens (tertiary/aromatic N) is 3. The fourth-order valence-electron chi connectivity index (χ4n) is 1.53. The highest BCUT2D eigenvalue weighted by Crippen LogP contribution is 2.37. The Bertz CT molecular complexity index is 994. The van der Waals surface area contributed by atoms with Gasteiger partial charge in [-0.1, -0.05) is 31.5 Å². The fourth-order valence-corrected chi connectivity index (χ4v) is 1.85. The van der Waals surface area contributed by atoms with Gasteiger partial charge in [0.15, 0.2) is 0 Å². The van der Waals surface area contributed by atoms with Crippen LogP contribution in [0.25, 0.3) is 5.53 Å². The van der Waals surface area contributed by atoms with Crippen LogP contribution in [0.1, 0.15) is 13.8 Å². The van der Waals surface area contributed by atoms with Gasteiger partial charge in [-0.2, -0.15) is 4.79 Å². The topological polar surface area (TPSA) is 385 Å². The van der Waals surface area contributed by atoms with Crippen molar-refractivity contribution in [2.45, 2.75) is 19.9 Å². The van der Waals surface area contributed by atoms with Crippen molar-refractivity contribution in [1.29, 1.82) is 0 Å². The van der Waals surface area contributed by atoms with Crippen LogP contribution in [0, 0.1) is 0 Å². The Morgan fingerprint density at radius 2 is 0.864 bits per heavy atom. The number of allylic oxidation sites excluding steroid dienone is 2. The molecule has 21 nitrogen and oxygen atoms in total. The molecule has 0 aromatic carbocycles. The van der Waals surface area contributed by atoms with Crippen molar-refractivity contribution in [2.75, 3.05) is 13.1 Å². The van der Waals surface area contributed by atoms with Gasteiger partial charge in [0.25, 0.3) is 0 Å². The van der Waals surface area contributed by atoms with E-state index in [9.17, 15) is 25.2 Å². The molecule has 0 fully saturated rings. The van der Waals surface area contributed by atoms with Crippen molar-refractivity contribution in [1.82, 2.24) is 4.90 Å². The molecule has 1 aliphatic rings. The molecule has 0 amide bonds. The Labute approximate surface area is 247 Å². The first-order valence-corrected chi connectivity index (χ1v) is 18.6. The number of hydrogen-bond donors (Lipinski definition) is 12. The minimum Gasteiger partial charge on any atom is -0.361 e. The van der Waals surface area contributed by atoms with Crippen molar-refractivity contribution >= 4 is 64.8 Å². The maximum atomic E-state index is 10.4. The summed E-state index contributed by atoms with van der Waals surface area (Å²) in [5.41, 5.74) is 9.07. The normalized spacial score (nSPS) is 14.7. The maximum Gasteiger partial charge on any atom is 0.507 e. The molecule has 0 aromatic rings. The third-order valence-corrected chi connectivity index (χ3v) is 2.67. The van der Waals surface area contributed by atoms with E-state index < -0.39 is 47.4 Å². The molecule has 0 bridgehead atoms. The predicted molar refractivity (Wildman–Crippen MR) is 137 cm³/mol. The van der Waals surface area contributed by atoms with Gasteiger partial charge in [-0.3, -0.25) is 63.6 Å². The van der Waals surface area contributed by atoms with Crippen LogP contribution in [0.2, 0.25) is 0 Å². The summed E-state index contributed by atoms with van der Waals surface area (Å²) in [6, 6.07) is 0.122. The highest BCUT2D eigenvalue weighted by Gasteiger charge is 2.21. The predicted octanol–water partition coefficient (Wildman–Crippen LogP) is 2.35. The number of rotatable bonds is 3. The van der Waals surface area contributed by atoms with Crippen LogP contribution >= 0.6 is 59.0 Å². The zero-order chi connectivity index (χ0) is 37.6. The van der Waals surface area contributed by atoms with E-state index in [0.29, 0.717) is 10.7 Å². The Morgan fingerprint density at radius 1 is 0.659 bits per heavy atom. The summed E-state index contributed by atoms with van der Waals surface area (Å²) in [7, 11) is -30.8. The molecular weight excluding hydrogens is 785 g/mol. The lowest BCUT2D eigenvalue weighted by molar-refractivity contribution is -0.00179. The van der Waals surface area contributed by atoms with Crippen molar-refractivity contribution in [2.24, 2.45) is 0 Å². The van der Waals surface area contributed by atoms with Crippen LogP contribution in [-0.4, -0.2) is 93.3 Å². The van der Waals surface area contributed by atoms with E-state index in [4.69, 9.17) is 103 Å². The molecule has 0 heterocycles. The molecule has 0 radical (unpaired) electrons. The van der Waals surface area contributed by atoms with Crippen molar-refractivity contribution < 1.29 is 116 Å². The molecule has 0 aliphatic heterocycles. The summed E-state index contributed by atoms with van der Waals surface area (Å²) in [5, 5.41) is 0.698. The van der Waals surface area contributed by atoms with Crippen molar-refractivity contribution in [3.05, 3.63) is 28.8 Å². The van der Waals surface area contributed by atoms with Gasteiger partial charge >= 0.3 is 53.2 Å². The minimum absolute atomic E-state index is 0.122. The zero-order valence-corrected chi connectivity index (χ0v) is 27.3. The standard InChI is InChI=1S/C10H14ClN3.6FH2O3P/c1-3-14(4-2)10-6-5-8(13-12)7-9(10)11;6*1-5(2,3)4/h5-7,10H,3-4H2,1-2H3;6*(H2,2,3,4). The second kappa shape index (κ2) is 25.7. The molecule has 0 spiro atoms. The fraction of sp³-hybridized carbons (Fsp3) is 0.500. The summed E-state index contributed by atoms with van der Waals surface area (Å²) >= 11 is 6.08. The monoisotopic (exact) mass is 811 g/mol. The van der Waals surface area contributed by atoms with Gasteiger partial charge in [0, 0.05) is 17.2 Å². The minimum atomic E-state index is -5.14. The van der Waals surface area contributed by atoms with Gasteiger partial charge in [-0.25, -0.2) is 27.4 Å². The van der Waals surface area contributed by atoms with E-state index in [1.165, 1.54) is 0 Å². The van der Waals surface area contributed by atoms with Gasteiger partial charge in [-0.15, -0.1) is 25.2 Å². The lowest BCUT2D eigenvalue weighted by atomic mass is 10.1. The van der Waals surface area contributed by atoms with Gasteiger partial charge in [-0.05, 0) is 13.1 Å². The molecule has 1 rings (SSSR count). The maximum absolute atomic E-state index is 10.4. The molecule has 268 valence electrons. The Kier molecular flexibility index (Phi) is 32.6.